The second-order valence-electron chi connectivity index (χ2n) is 4.26. The number of carbonyl (C=O) groups is 2. The van der Waals surface area contributed by atoms with Gasteiger partial charge in [-0.1, -0.05) is 6.92 Å². The number of hydrogen-bond donors (Lipinski definition) is 2. The van der Waals surface area contributed by atoms with E-state index in [1.807, 2.05) is 6.92 Å². The molecule has 4 nitrogen and oxygen atoms in total. The molecular weight excluding hydrogens is 302 g/mol. The van der Waals surface area contributed by atoms with Crippen LogP contribution in [-0.2, 0) is 4.79 Å². The maximum absolute atomic E-state index is 13.0. The van der Waals surface area contributed by atoms with Crippen LogP contribution in [-0.4, -0.2) is 31.3 Å². The number of Topliss-reactive ketones (excluding diaryl/α,β-unsaturated/α-hetero) is 1. The van der Waals surface area contributed by atoms with Crippen molar-refractivity contribution in [2.75, 3.05) is 19.6 Å². The van der Waals surface area contributed by atoms with Gasteiger partial charge in [-0.15, -0.1) is 12.4 Å². The summed E-state index contributed by atoms with van der Waals surface area (Å²) >= 11 is 0. The molecule has 0 saturated heterocycles. The van der Waals surface area contributed by atoms with Crippen LogP contribution in [0.2, 0.25) is 0 Å². The molecule has 1 aromatic carbocycles. The standard InChI is InChI=1S/C14H18F2N2O2.ClH/c1-2-17-7-8-18-14(20)6-5-13(19)10-3-4-11(15)12(16)9-10;/h3-4,9,17H,2,5-8H2,1H3,(H,18,20);1H. The van der Waals surface area contributed by atoms with E-state index in [-0.39, 0.29) is 42.5 Å². The van der Waals surface area contributed by atoms with Crippen molar-refractivity contribution < 1.29 is 18.4 Å². The Hall–Kier alpha value is -1.53. The highest BCUT2D eigenvalue weighted by Gasteiger charge is 2.11. The number of rotatable bonds is 8. The van der Waals surface area contributed by atoms with Gasteiger partial charge in [0.15, 0.2) is 17.4 Å². The third-order valence-electron chi connectivity index (χ3n) is 2.69. The molecule has 0 heterocycles. The maximum atomic E-state index is 13.0. The molecule has 0 atom stereocenters. The Morgan fingerprint density at radius 1 is 1.10 bits per heavy atom. The first kappa shape index (κ1) is 19.5. The summed E-state index contributed by atoms with van der Waals surface area (Å²) in [6.45, 7) is 3.94. The van der Waals surface area contributed by atoms with Gasteiger partial charge < -0.3 is 10.6 Å². The summed E-state index contributed by atoms with van der Waals surface area (Å²) in [4.78, 5) is 23.1. The van der Waals surface area contributed by atoms with Crippen LogP contribution in [0.15, 0.2) is 18.2 Å². The summed E-state index contributed by atoms with van der Waals surface area (Å²) < 4.78 is 25.7. The minimum Gasteiger partial charge on any atom is -0.355 e. The Balaban J connectivity index is 0.00000400. The Kier molecular flexibility index (Phi) is 9.49. The van der Waals surface area contributed by atoms with E-state index in [0.717, 1.165) is 18.7 Å². The van der Waals surface area contributed by atoms with Gasteiger partial charge in [-0.2, -0.15) is 0 Å². The minimum absolute atomic E-state index is 0. The van der Waals surface area contributed by atoms with Gasteiger partial charge in [0.1, 0.15) is 0 Å². The van der Waals surface area contributed by atoms with Crippen LogP contribution < -0.4 is 10.6 Å². The zero-order valence-electron chi connectivity index (χ0n) is 11.7. The lowest BCUT2D eigenvalue weighted by molar-refractivity contribution is -0.121. The number of likely N-dealkylation sites (N-methyl/N-ethyl adjacent to an activating group) is 1. The normalized spacial score (nSPS) is 9.86. The highest BCUT2D eigenvalue weighted by molar-refractivity contribution is 5.97. The third-order valence-corrected chi connectivity index (χ3v) is 2.69. The fraction of sp³-hybridized carbons (Fsp3) is 0.429. The molecule has 0 aliphatic carbocycles. The molecular formula is C14H19ClF2N2O2. The van der Waals surface area contributed by atoms with Crippen molar-refractivity contribution in [3.63, 3.8) is 0 Å². The lowest BCUT2D eigenvalue weighted by atomic mass is 10.1. The van der Waals surface area contributed by atoms with Gasteiger partial charge in [-0.25, -0.2) is 8.78 Å². The van der Waals surface area contributed by atoms with E-state index in [0.29, 0.717) is 13.1 Å². The summed E-state index contributed by atoms with van der Waals surface area (Å²) in [5, 5.41) is 5.70. The van der Waals surface area contributed by atoms with Gasteiger partial charge in [0.05, 0.1) is 0 Å². The van der Waals surface area contributed by atoms with Gasteiger partial charge in [0.25, 0.3) is 0 Å². The van der Waals surface area contributed by atoms with Crippen LogP contribution in [0.4, 0.5) is 8.78 Å². The molecule has 0 saturated carbocycles. The topological polar surface area (TPSA) is 58.2 Å². The number of carbonyl (C=O) groups excluding carboxylic acids is 2. The molecule has 7 heteroatoms. The number of benzene rings is 1. The zero-order valence-corrected chi connectivity index (χ0v) is 12.6. The van der Waals surface area contributed by atoms with Crippen molar-refractivity contribution in [1.82, 2.24) is 10.6 Å². The van der Waals surface area contributed by atoms with Crippen LogP contribution in [0, 0.1) is 11.6 Å². The average molecular weight is 321 g/mol. The number of nitrogens with one attached hydrogen (secondary N) is 2. The summed E-state index contributed by atoms with van der Waals surface area (Å²) in [6, 6.07) is 2.96. The number of amides is 1. The van der Waals surface area contributed by atoms with E-state index in [9.17, 15) is 18.4 Å². The molecule has 0 aliphatic rings. The van der Waals surface area contributed by atoms with Crippen molar-refractivity contribution in [3.8, 4) is 0 Å². The Morgan fingerprint density at radius 3 is 2.43 bits per heavy atom. The highest BCUT2D eigenvalue weighted by Crippen LogP contribution is 2.11. The molecule has 1 amide bonds. The molecule has 0 radical (unpaired) electrons. The van der Waals surface area contributed by atoms with Crippen molar-refractivity contribution in [2.45, 2.75) is 19.8 Å². The summed E-state index contributed by atoms with van der Waals surface area (Å²) in [5.74, 6) is -2.68. The molecule has 1 aromatic rings. The van der Waals surface area contributed by atoms with Gasteiger partial charge in [-0.05, 0) is 24.7 Å². The number of hydrogen-bond acceptors (Lipinski definition) is 3. The van der Waals surface area contributed by atoms with Gasteiger partial charge >= 0.3 is 0 Å². The maximum Gasteiger partial charge on any atom is 0.220 e. The molecule has 0 unspecified atom stereocenters. The quantitative estimate of drug-likeness (QED) is 0.569. The molecule has 0 bridgehead atoms. The molecule has 1 rings (SSSR count). The lowest BCUT2D eigenvalue weighted by Crippen LogP contribution is -2.31. The molecule has 0 aromatic heterocycles. The zero-order chi connectivity index (χ0) is 15.0. The van der Waals surface area contributed by atoms with E-state index in [1.165, 1.54) is 6.07 Å². The number of ketones is 1. The van der Waals surface area contributed by atoms with Crippen LogP contribution in [0.1, 0.15) is 30.1 Å². The van der Waals surface area contributed by atoms with Crippen LogP contribution in [0.5, 0.6) is 0 Å². The largest absolute Gasteiger partial charge is 0.355 e. The molecule has 0 spiro atoms. The summed E-state index contributed by atoms with van der Waals surface area (Å²) in [5.41, 5.74) is 0.0735. The molecule has 21 heavy (non-hydrogen) atoms. The van der Waals surface area contributed by atoms with Crippen molar-refractivity contribution in [2.24, 2.45) is 0 Å². The van der Waals surface area contributed by atoms with Crippen LogP contribution in [0.25, 0.3) is 0 Å². The second kappa shape index (κ2) is 10.2. The smallest absolute Gasteiger partial charge is 0.220 e. The van der Waals surface area contributed by atoms with E-state index < -0.39 is 11.6 Å². The van der Waals surface area contributed by atoms with E-state index >= 15 is 0 Å². The lowest BCUT2D eigenvalue weighted by Gasteiger charge is -2.05. The van der Waals surface area contributed by atoms with E-state index in [1.54, 1.807) is 0 Å². The van der Waals surface area contributed by atoms with Crippen molar-refractivity contribution in [1.29, 1.82) is 0 Å². The van der Waals surface area contributed by atoms with E-state index in [4.69, 9.17) is 0 Å². The van der Waals surface area contributed by atoms with Gasteiger partial charge in [-0.3, -0.25) is 9.59 Å². The average Bonchev–Trinajstić information content (AvgIpc) is 2.44. The van der Waals surface area contributed by atoms with Gasteiger partial charge in [0, 0.05) is 31.5 Å². The fourth-order valence-electron chi connectivity index (χ4n) is 1.60. The first-order chi connectivity index (χ1) is 9.54. The first-order valence-electron chi connectivity index (χ1n) is 6.50. The van der Waals surface area contributed by atoms with E-state index in [2.05, 4.69) is 10.6 Å². The first-order valence-corrected chi connectivity index (χ1v) is 6.50. The Bertz CT molecular complexity index is 484. The predicted octanol–water partition coefficient (Wildman–Crippen LogP) is 2.08. The van der Waals surface area contributed by atoms with Crippen molar-refractivity contribution in [3.05, 3.63) is 35.4 Å². The number of halogens is 3. The Morgan fingerprint density at radius 2 is 1.81 bits per heavy atom. The monoisotopic (exact) mass is 320 g/mol. The predicted molar refractivity (Wildman–Crippen MR) is 78.7 cm³/mol. The van der Waals surface area contributed by atoms with Gasteiger partial charge in [0.2, 0.25) is 5.91 Å². The molecule has 0 aliphatic heterocycles. The van der Waals surface area contributed by atoms with Crippen molar-refractivity contribution >= 4 is 24.1 Å². The highest BCUT2D eigenvalue weighted by atomic mass is 35.5. The van der Waals surface area contributed by atoms with Crippen LogP contribution >= 0.6 is 12.4 Å². The summed E-state index contributed by atoms with van der Waals surface area (Å²) in [7, 11) is 0. The fourth-order valence-corrected chi connectivity index (χ4v) is 1.60. The van der Waals surface area contributed by atoms with Crippen LogP contribution in [0.3, 0.4) is 0 Å². The SMILES string of the molecule is CCNCCNC(=O)CCC(=O)c1ccc(F)c(F)c1.Cl. The second-order valence-corrected chi connectivity index (χ2v) is 4.26. The molecule has 0 fully saturated rings. The summed E-state index contributed by atoms with van der Waals surface area (Å²) in [6.07, 6.45) is 0.00205. The minimum atomic E-state index is -1.06. The molecule has 118 valence electrons. The molecule has 2 N–H and O–H groups in total. The Labute approximate surface area is 128 Å². The third kappa shape index (κ3) is 7.15.